The quantitative estimate of drug-likeness (QED) is 0.492. The summed E-state index contributed by atoms with van der Waals surface area (Å²) in [4.78, 5) is 0.360. The van der Waals surface area contributed by atoms with Crippen LogP contribution in [0.25, 0.3) is 0 Å². The molecule has 0 unspecified atom stereocenters. The van der Waals surface area contributed by atoms with Crippen molar-refractivity contribution in [1.29, 1.82) is 0 Å². The Balaban J connectivity index is 2.69. The van der Waals surface area contributed by atoms with Gasteiger partial charge in [-0.25, -0.2) is 0 Å². The second-order valence-corrected chi connectivity index (χ2v) is 9.97. The molecule has 0 aromatic carbocycles. The first kappa shape index (κ1) is 10.4. The van der Waals surface area contributed by atoms with Gasteiger partial charge < -0.3 is 0 Å². The molecule has 1 heterocycles. The van der Waals surface area contributed by atoms with E-state index in [0.29, 0.717) is 12.8 Å². The van der Waals surface area contributed by atoms with Crippen LogP contribution in [0.1, 0.15) is 12.8 Å². The average Bonchev–Trinajstić information content (AvgIpc) is 2.34. The van der Waals surface area contributed by atoms with Crippen molar-refractivity contribution in [2.24, 2.45) is 0 Å². The Morgan fingerprint density at radius 3 is 1.58 bits per heavy atom. The van der Waals surface area contributed by atoms with E-state index in [1.54, 1.807) is 0 Å². The molecule has 0 aliphatic carbocycles. The molecule has 12 heavy (non-hydrogen) atoms. The Morgan fingerprint density at radius 1 is 0.833 bits per heavy atom. The van der Waals surface area contributed by atoms with E-state index in [1.165, 1.54) is 0 Å². The normalized spacial score (nSPS) is 20.2. The third-order valence-corrected chi connectivity index (χ3v) is 9.72. The molecule has 0 spiro atoms. The van der Waals surface area contributed by atoms with E-state index < -0.39 is 26.9 Å². The van der Waals surface area contributed by atoms with Crippen molar-refractivity contribution in [3.63, 3.8) is 0 Å². The fourth-order valence-electron chi connectivity index (χ4n) is 1.52. The van der Waals surface area contributed by atoms with Crippen LogP contribution in [0, 0.1) is 0 Å². The molecule has 0 aromatic rings. The Kier molecular flexibility index (Phi) is 2.77. The predicted molar refractivity (Wildman–Crippen MR) is 35.6 cm³/mol. The number of alkyl halides is 5. The first-order valence-corrected chi connectivity index (χ1v) is 8.44. The molecule has 0 N–H and O–H groups in total. The number of halogens is 5. The van der Waals surface area contributed by atoms with E-state index >= 15 is 0 Å². The van der Waals surface area contributed by atoms with Crippen LogP contribution in [0.2, 0.25) is 9.95 Å². The summed E-state index contributed by atoms with van der Waals surface area (Å²) in [6.07, 6.45) is -4.16. The second-order valence-electron chi connectivity index (χ2n) is 3.10. The topological polar surface area (TPSA) is 0 Å². The van der Waals surface area contributed by atoms with Crippen LogP contribution in [-0.4, -0.2) is 26.9 Å². The van der Waals surface area contributed by atoms with E-state index in [2.05, 4.69) is 0 Å². The summed E-state index contributed by atoms with van der Waals surface area (Å²) in [5.74, 6) is 0. The summed E-state index contributed by atoms with van der Waals surface area (Å²) in [5, 5.41) is 0. The summed E-state index contributed by atoms with van der Waals surface area (Å²) in [5.41, 5.74) is 0. The third-order valence-electron chi connectivity index (χ3n) is 2.25. The summed E-state index contributed by atoms with van der Waals surface area (Å²) in [6, 6.07) is 0. The molecule has 0 radical (unpaired) electrons. The van der Waals surface area contributed by atoms with Crippen LogP contribution in [0.4, 0.5) is 22.0 Å². The zero-order chi connectivity index (χ0) is 9.41. The molecule has 0 nitrogen and oxygen atoms in total. The molecule has 0 bridgehead atoms. The van der Waals surface area contributed by atoms with Gasteiger partial charge >= 0.3 is 71.6 Å². The van der Waals surface area contributed by atoms with Crippen LogP contribution >= 0.6 is 0 Å². The standard InChI is InChI=1S/C4H8.C2F5.Ga/c1-3-4-2;3-1(4)2(5,6)7;/h1-4H2;;. The fourth-order valence-corrected chi connectivity index (χ4v) is 7.90. The van der Waals surface area contributed by atoms with Crippen molar-refractivity contribution in [3.8, 4) is 0 Å². The van der Waals surface area contributed by atoms with Crippen molar-refractivity contribution in [2.45, 2.75) is 33.4 Å². The molecule has 1 fully saturated rings. The summed E-state index contributed by atoms with van der Waals surface area (Å²) in [6.45, 7) is 0. The van der Waals surface area contributed by atoms with Crippen LogP contribution in [0.3, 0.4) is 0 Å². The van der Waals surface area contributed by atoms with Gasteiger partial charge in [0.05, 0.1) is 0 Å². The van der Waals surface area contributed by atoms with E-state index in [9.17, 15) is 22.0 Å². The van der Waals surface area contributed by atoms with Gasteiger partial charge in [0.15, 0.2) is 0 Å². The maximum atomic E-state index is 12.6. The molecule has 0 atom stereocenters. The van der Waals surface area contributed by atoms with Gasteiger partial charge in [-0.05, 0) is 0 Å². The van der Waals surface area contributed by atoms with Crippen molar-refractivity contribution < 1.29 is 22.0 Å². The number of hydrogen-bond donors (Lipinski definition) is 0. The number of rotatable bonds is 1. The van der Waals surface area contributed by atoms with E-state index in [4.69, 9.17) is 0 Å². The average molecular weight is 245 g/mol. The predicted octanol–water partition coefficient (Wildman–Crippen LogP) is 3.01. The van der Waals surface area contributed by atoms with Crippen LogP contribution in [0.15, 0.2) is 0 Å². The summed E-state index contributed by atoms with van der Waals surface area (Å²) in [7, 11) is 0. The zero-order valence-electron chi connectivity index (χ0n) is 6.30. The molecule has 1 aliphatic rings. The van der Waals surface area contributed by atoms with Gasteiger partial charge in [0.2, 0.25) is 0 Å². The monoisotopic (exact) mass is 244 g/mol. The Labute approximate surface area is 72.2 Å². The van der Waals surface area contributed by atoms with E-state index in [0.717, 1.165) is 0 Å². The van der Waals surface area contributed by atoms with E-state index in [1.807, 2.05) is 0 Å². The molecular formula is C6H8F5Ga. The molecule has 0 aromatic heterocycles. The van der Waals surface area contributed by atoms with E-state index in [-0.39, 0.29) is 9.95 Å². The Morgan fingerprint density at radius 2 is 1.25 bits per heavy atom. The van der Waals surface area contributed by atoms with Crippen LogP contribution in [0.5, 0.6) is 0 Å². The number of hydrogen-bond acceptors (Lipinski definition) is 0. The van der Waals surface area contributed by atoms with Crippen molar-refractivity contribution in [3.05, 3.63) is 0 Å². The zero-order valence-corrected chi connectivity index (χ0v) is 8.72. The summed E-state index contributed by atoms with van der Waals surface area (Å²) < 4.78 is 56.2. The SMILES string of the molecule is FC(F)(F)[C](F)(F)[Ga]1[CH2]CC[CH2]1. The van der Waals surface area contributed by atoms with Crippen molar-refractivity contribution in [2.75, 3.05) is 0 Å². The van der Waals surface area contributed by atoms with Crippen LogP contribution in [-0.2, 0) is 0 Å². The molecule has 1 rings (SSSR count). The van der Waals surface area contributed by atoms with Crippen LogP contribution < -0.4 is 0 Å². The molecule has 1 saturated heterocycles. The van der Waals surface area contributed by atoms with Gasteiger partial charge in [-0.15, -0.1) is 0 Å². The first-order valence-electron chi connectivity index (χ1n) is 3.80. The minimum absolute atomic E-state index is 0.180. The van der Waals surface area contributed by atoms with Gasteiger partial charge in [-0.2, -0.15) is 0 Å². The van der Waals surface area contributed by atoms with Gasteiger partial charge in [-0.3, -0.25) is 0 Å². The van der Waals surface area contributed by atoms with Crippen molar-refractivity contribution in [1.82, 2.24) is 0 Å². The second kappa shape index (κ2) is 3.21. The summed E-state index contributed by atoms with van der Waals surface area (Å²) >= 11 is -3.36. The van der Waals surface area contributed by atoms with Crippen molar-refractivity contribution >= 4 is 16.2 Å². The molecule has 0 amide bonds. The molecule has 70 valence electrons. The molecule has 1 aliphatic heterocycles. The third kappa shape index (κ3) is 1.79. The van der Waals surface area contributed by atoms with Gasteiger partial charge in [-0.1, -0.05) is 0 Å². The van der Waals surface area contributed by atoms with Gasteiger partial charge in [0.25, 0.3) is 0 Å². The molecule has 0 saturated carbocycles. The Bertz CT molecular complexity index is 158. The first-order chi connectivity index (χ1) is 5.36. The molecular weight excluding hydrogens is 237 g/mol. The minimum atomic E-state index is -5.29. The molecule has 6 heteroatoms. The van der Waals surface area contributed by atoms with Gasteiger partial charge in [0.1, 0.15) is 0 Å². The Hall–Kier alpha value is 0.286. The maximum absolute atomic E-state index is 12.6. The fraction of sp³-hybridized carbons (Fsp3) is 1.00. The van der Waals surface area contributed by atoms with Gasteiger partial charge in [0, 0.05) is 0 Å².